The Morgan fingerprint density at radius 1 is 1.27 bits per heavy atom. The van der Waals surface area contributed by atoms with Gasteiger partial charge in [0, 0.05) is 10.5 Å². The van der Waals surface area contributed by atoms with Crippen LogP contribution in [-0.4, -0.2) is 21.2 Å². The molecule has 0 saturated heterocycles. The van der Waals surface area contributed by atoms with Gasteiger partial charge in [-0.05, 0) is 24.6 Å². The lowest BCUT2D eigenvalue weighted by molar-refractivity contribution is -0.141. The number of fused-ring (bicyclic) bond motifs is 1. The second-order valence-electron chi connectivity index (χ2n) is 5.41. The molecular weight excluding hydrogens is 429 g/mol. The van der Waals surface area contributed by atoms with Crippen molar-refractivity contribution in [3.05, 3.63) is 44.3 Å². The Morgan fingerprint density at radius 3 is 2.58 bits per heavy atom. The Hall–Kier alpha value is -2.30. The van der Waals surface area contributed by atoms with Crippen LogP contribution in [0, 0.1) is 6.92 Å². The molecule has 3 rings (SSSR count). The van der Waals surface area contributed by atoms with Gasteiger partial charge in [0.25, 0.3) is 6.43 Å². The number of nitrogens with zero attached hydrogens (tertiary/aromatic N) is 3. The van der Waals surface area contributed by atoms with E-state index in [1.54, 1.807) is 13.0 Å². The van der Waals surface area contributed by atoms with Gasteiger partial charge in [-0.3, -0.25) is 4.68 Å². The van der Waals surface area contributed by atoms with Crippen LogP contribution >= 0.6 is 15.9 Å². The van der Waals surface area contributed by atoms with Crippen molar-refractivity contribution >= 4 is 26.8 Å². The van der Waals surface area contributed by atoms with Gasteiger partial charge in [-0.2, -0.15) is 18.3 Å². The second-order valence-corrected chi connectivity index (χ2v) is 6.33. The Labute approximate surface area is 150 Å². The first-order chi connectivity index (χ1) is 12.1. The minimum Gasteiger partial charge on any atom is -0.401 e. The number of aromatic nitrogens is 3. The molecule has 26 heavy (non-hydrogen) atoms. The Balaban J connectivity index is 2.26. The Bertz CT molecular complexity index is 1040. The molecule has 2 heterocycles. The van der Waals surface area contributed by atoms with Gasteiger partial charge in [0.1, 0.15) is 12.2 Å². The van der Waals surface area contributed by atoms with E-state index >= 15 is 0 Å². The molecule has 2 aromatic heterocycles. The molecule has 1 aromatic carbocycles. The molecule has 11 heteroatoms. The van der Waals surface area contributed by atoms with Crippen molar-refractivity contribution in [1.29, 1.82) is 0 Å². The fourth-order valence-corrected chi connectivity index (χ4v) is 2.99. The van der Waals surface area contributed by atoms with Crippen molar-refractivity contribution in [3.8, 4) is 11.6 Å². The van der Waals surface area contributed by atoms with Crippen molar-refractivity contribution in [2.24, 2.45) is 0 Å². The summed E-state index contributed by atoms with van der Waals surface area (Å²) in [7, 11) is 0. The Kier molecular flexibility index (Phi) is 4.59. The van der Waals surface area contributed by atoms with Gasteiger partial charge in [0.2, 0.25) is 5.89 Å². The van der Waals surface area contributed by atoms with E-state index in [-0.39, 0.29) is 10.9 Å². The summed E-state index contributed by atoms with van der Waals surface area (Å²) in [6.07, 6.45) is -7.81. The third-order valence-corrected chi connectivity index (χ3v) is 3.95. The fourth-order valence-electron chi connectivity index (χ4n) is 2.41. The van der Waals surface area contributed by atoms with E-state index in [1.807, 2.05) is 0 Å². The van der Waals surface area contributed by atoms with Gasteiger partial charge < -0.3 is 4.42 Å². The zero-order valence-corrected chi connectivity index (χ0v) is 14.5. The lowest BCUT2D eigenvalue weighted by Crippen LogP contribution is -2.13. The van der Waals surface area contributed by atoms with E-state index in [0.29, 0.717) is 20.8 Å². The van der Waals surface area contributed by atoms with Crippen molar-refractivity contribution in [2.45, 2.75) is 26.1 Å². The maximum atomic E-state index is 12.9. The molecule has 0 bridgehead atoms. The molecule has 0 fully saturated rings. The van der Waals surface area contributed by atoms with Crippen LogP contribution in [0.15, 0.2) is 31.9 Å². The highest BCUT2D eigenvalue weighted by Crippen LogP contribution is 2.32. The summed E-state index contributed by atoms with van der Waals surface area (Å²) in [4.78, 5) is 16.2. The number of hydrogen-bond donors (Lipinski definition) is 0. The van der Waals surface area contributed by atoms with Crippen LogP contribution in [0.25, 0.3) is 22.5 Å². The monoisotopic (exact) mass is 437 g/mol. The predicted molar refractivity (Wildman–Crippen MR) is 84.9 cm³/mol. The smallest absolute Gasteiger partial charge is 0.401 e. The molecule has 0 unspecified atom stereocenters. The zero-order chi connectivity index (χ0) is 19.2. The number of benzene rings is 1. The lowest BCUT2D eigenvalue weighted by atomic mass is 10.1. The van der Waals surface area contributed by atoms with Crippen LogP contribution < -0.4 is 5.63 Å². The third kappa shape index (κ3) is 3.48. The molecule has 5 nitrogen and oxygen atoms in total. The fraction of sp³-hybridized carbons (Fsp3) is 0.267. The van der Waals surface area contributed by atoms with E-state index in [0.717, 1.165) is 0 Å². The quantitative estimate of drug-likeness (QED) is 0.569. The first-order valence-electron chi connectivity index (χ1n) is 7.11. The van der Waals surface area contributed by atoms with E-state index in [4.69, 9.17) is 4.42 Å². The summed E-state index contributed by atoms with van der Waals surface area (Å²) in [6, 6.07) is 3.62. The highest BCUT2D eigenvalue weighted by atomic mass is 79.9. The van der Waals surface area contributed by atoms with Crippen LogP contribution in [0.2, 0.25) is 0 Å². The van der Waals surface area contributed by atoms with E-state index in [1.165, 1.54) is 6.07 Å². The van der Waals surface area contributed by atoms with Gasteiger partial charge in [0.05, 0.1) is 10.9 Å². The van der Waals surface area contributed by atoms with Gasteiger partial charge >= 0.3 is 11.8 Å². The standard InChI is InChI=1S/C15H9BrF5N3O2/c1-6-2-7(16)3-8-12(6)22-13(26-14(8)25)9-4-10(15(19,20)21)23-24(9)5-11(17)18/h2-4,11H,5H2,1H3. The molecule has 0 saturated carbocycles. The first-order valence-corrected chi connectivity index (χ1v) is 7.90. The van der Waals surface area contributed by atoms with Crippen LogP contribution in [0.1, 0.15) is 11.3 Å². The first kappa shape index (κ1) is 18.5. The SMILES string of the molecule is Cc1cc(Br)cc2c(=O)oc(-c3cc(C(F)(F)F)nn3CC(F)F)nc12. The molecule has 0 radical (unpaired) electrons. The number of hydrogen-bond acceptors (Lipinski definition) is 4. The van der Waals surface area contributed by atoms with Crippen LogP contribution in [0.5, 0.6) is 0 Å². The molecule has 0 amide bonds. The number of halogens is 6. The van der Waals surface area contributed by atoms with Gasteiger partial charge in [-0.15, -0.1) is 0 Å². The van der Waals surface area contributed by atoms with Crippen LogP contribution in [0.4, 0.5) is 22.0 Å². The normalized spacial score (nSPS) is 12.3. The summed E-state index contributed by atoms with van der Waals surface area (Å²) in [5, 5.41) is 3.25. The summed E-state index contributed by atoms with van der Waals surface area (Å²) in [5.41, 5.74) is -1.95. The summed E-state index contributed by atoms with van der Waals surface area (Å²) < 4.78 is 70.1. The van der Waals surface area contributed by atoms with Crippen molar-refractivity contribution in [1.82, 2.24) is 14.8 Å². The number of alkyl halides is 5. The summed E-state index contributed by atoms with van der Waals surface area (Å²) in [6.45, 7) is 0.537. The van der Waals surface area contributed by atoms with Crippen LogP contribution in [0.3, 0.4) is 0 Å². The maximum Gasteiger partial charge on any atom is 0.435 e. The van der Waals surface area contributed by atoms with Gasteiger partial charge in [0.15, 0.2) is 5.69 Å². The average Bonchev–Trinajstić information content (AvgIpc) is 2.91. The van der Waals surface area contributed by atoms with Gasteiger partial charge in [-0.1, -0.05) is 15.9 Å². The van der Waals surface area contributed by atoms with E-state index in [2.05, 4.69) is 26.0 Å². The molecule has 0 aliphatic heterocycles. The highest BCUT2D eigenvalue weighted by Gasteiger charge is 2.36. The topological polar surface area (TPSA) is 60.9 Å². The molecule has 138 valence electrons. The number of rotatable bonds is 3. The minimum absolute atomic E-state index is 0.108. The highest BCUT2D eigenvalue weighted by molar-refractivity contribution is 9.10. The zero-order valence-electron chi connectivity index (χ0n) is 12.9. The van der Waals surface area contributed by atoms with Crippen molar-refractivity contribution < 1.29 is 26.4 Å². The lowest BCUT2D eigenvalue weighted by Gasteiger charge is -2.07. The van der Waals surface area contributed by atoms with E-state index < -0.39 is 42.1 Å². The molecule has 3 aromatic rings. The molecule has 0 aliphatic rings. The average molecular weight is 438 g/mol. The second kappa shape index (κ2) is 6.45. The summed E-state index contributed by atoms with van der Waals surface area (Å²) in [5.74, 6) is -0.517. The van der Waals surface area contributed by atoms with Crippen molar-refractivity contribution in [3.63, 3.8) is 0 Å². The van der Waals surface area contributed by atoms with Crippen molar-refractivity contribution in [2.75, 3.05) is 0 Å². The predicted octanol–water partition coefficient (Wildman–Crippen LogP) is 4.41. The third-order valence-electron chi connectivity index (χ3n) is 3.49. The van der Waals surface area contributed by atoms with Crippen LogP contribution in [-0.2, 0) is 12.7 Å². The molecule has 0 N–H and O–H groups in total. The van der Waals surface area contributed by atoms with E-state index in [9.17, 15) is 26.7 Å². The Morgan fingerprint density at radius 2 is 1.96 bits per heavy atom. The van der Waals surface area contributed by atoms with Gasteiger partial charge in [-0.25, -0.2) is 18.6 Å². The largest absolute Gasteiger partial charge is 0.435 e. The molecule has 0 spiro atoms. The molecular formula is C15H9BrF5N3O2. The maximum absolute atomic E-state index is 12.9. The molecule has 0 atom stereocenters. The molecule has 0 aliphatic carbocycles. The summed E-state index contributed by atoms with van der Waals surface area (Å²) >= 11 is 3.21. The number of aryl methyl sites for hydroxylation is 1. The minimum atomic E-state index is -4.85.